The Hall–Kier alpha value is -4.30. The van der Waals surface area contributed by atoms with Crippen molar-refractivity contribution in [2.45, 2.75) is 31.6 Å². The van der Waals surface area contributed by atoms with Crippen LogP contribution >= 0.6 is 0 Å². The number of rotatable bonds is 9. The van der Waals surface area contributed by atoms with E-state index in [4.69, 9.17) is 4.42 Å². The van der Waals surface area contributed by atoms with E-state index in [0.717, 1.165) is 30.9 Å². The molecule has 1 atom stereocenters. The number of para-hydroxylation sites is 1. The van der Waals surface area contributed by atoms with Gasteiger partial charge in [0, 0.05) is 42.6 Å². The molecule has 194 valence electrons. The predicted octanol–water partition coefficient (Wildman–Crippen LogP) is 4.69. The predicted molar refractivity (Wildman–Crippen MR) is 146 cm³/mol. The highest BCUT2D eigenvalue weighted by atomic mass is 16.4. The second kappa shape index (κ2) is 11.8. The molecule has 1 fully saturated rings. The molecular formula is C30H30N4O4. The number of aromatic hydroxyl groups is 1. The van der Waals surface area contributed by atoms with Gasteiger partial charge in [-0.1, -0.05) is 42.5 Å². The number of carbonyl (C=O) groups is 1. The van der Waals surface area contributed by atoms with E-state index in [2.05, 4.69) is 20.4 Å². The maximum atomic E-state index is 13.2. The first-order chi connectivity index (χ1) is 18.6. The van der Waals surface area contributed by atoms with Gasteiger partial charge in [-0.2, -0.15) is 5.10 Å². The number of carbonyl (C=O) groups excluding carboxylic acids is 1. The summed E-state index contributed by atoms with van der Waals surface area (Å²) in [7, 11) is 0. The third kappa shape index (κ3) is 5.81. The van der Waals surface area contributed by atoms with Crippen LogP contribution < -0.4 is 11.1 Å². The van der Waals surface area contributed by atoms with E-state index < -0.39 is 11.5 Å². The fraction of sp³-hybridized carbons (Fsp3) is 0.267. The minimum atomic E-state index is -0.588. The monoisotopic (exact) mass is 510 g/mol. The molecule has 38 heavy (non-hydrogen) atoms. The summed E-state index contributed by atoms with van der Waals surface area (Å²) in [6, 6.07) is 19.7. The first kappa shape index (κ1) is 25.4. The molecule has 0 aliphatic carbocycles. The summed E-state index contributed by atoms with van der Waals surface area (Å²) in [4.78, 5) is 32.3. The van der Waals surface area contributed by atoms with Crippen molar-refractivity contribution in [3.8, 4) is 5.75 Å². The van der Waals surface area contributed by atoms with E-state index in [-0.39, 0.29) is 17.2 Å². The van der Waals surface area contributed by atoms with Gasteiger partial charge >= 0.3 is 5.63 Å². The number of fused-ring (bicyclic) bond motifs is 1. The summed E-state index contributed by atoms with van der Waals surface area (Å²) in [6.45, 7) is 2.87. The molecular weight excluding hydrogens is 480 g/mol. The average Bonchev–Trinajstić information content (AvgIpc) is 3.48. The highest BCUT2D eigenvalue weighted by Crippen LogP contribution is 2.36. The number of hydrogen-bond donors (Lipinski definition) is 2. The lowest BCUT2D eigenvalue weighted by atomic mass is 9.86. The Morgan fingerprint density at radius 3 is 2.50 bits per heavy atom. The molecule has 2 N–H and O–H groups in total. The molecule has 3 heterocycles. The molecule has 1 aliphatic rings. The molecule has 8 nitrogen and oxygen atoms in total. The van der Waals surface area contributed by atoms with Crippen LogP contribution in [-0.2, 0) is 0 Å². The van der Waals surface area contributed by atoms with Crippen LogP contribution in [0.3, 0.4) is 0 Å². The summed E-state index contributed by atoms with van der Waals surface area (Å²) in [5.74, 6) is -0.951. The first-order valence-electron chi connectivity index (χ1n) is 12.9. The number of aromatic nitrogens is 1. The molecule has 0 saturated carbocycles. The number of amides is 1. The van der Waals surface area contributed by atoms with E-state index in [9.17, 15) is 14.7 Å². The number of hydrogen-bond acceptors (Lipinski definition) is 7. The van der Waals surface area contributed by atoms with Gasteiger partial charge in [-0.05, 0) is 62.2 Å². The van der Waals surface area contributed by atoms with Gasteiger partial charge in [-0.25, -0.2) is 10.2 Å². The van der Waals surface area contributed by atoms with Gasteiger partial charge in [0.15, 0.2) is 0 Å². The third-order valence-electron chi connectivity index (χ3n) is 6.98. The summed E-state index contributed by atoms with van der Waals surface area (Å²) >= 11 is 0. The molecule has 1 aliphatic heterocycles. The molecule has 1 saturated heterocycles. The maximum Gasteiger partial charge on any atom is 0.343 e. The van der Waals surface area contributed by atoms with Crippen LogP contribution in [0.25, 0.3) is 11.0 Å². The summed E-state index contributed by atoms with van der Waals surface area (Å²) in [5, 5.41) is 16.3. The zero-order valence-electron chi connectivity index (χ0n) is 21.0. The van der Waals surface area contributed by atoms with Crippen molar-refractivity contribution in [3.63, 3.8) is 0 Å². The molecule has 0 spiro atoms. The lowest BCUT2D eigenvalue weighted by Crippen LogP contribution is -2.26. The van der Waals surface area contributed by atoms with E-state index in [1.807, 2.05) is 30.3 Å². The van der Waals surface area contributed by atoms with Gasteiger partial charge in [0.05, 0.1) is 10.9 Å². The third-order valence-corrected chi connectivity index (χ3v) is 6.98. The molecule has 0 radical (unpaired) electrons. The second-order valence-electron chi connectivity index (χ2n) is 9.47. The van der Waals surface area contributed by atoms with Gasteiger partial charge < -0.3 is 14.4 Å². The van der Waals surface area contributed by atoms with Crippen molar-refractivity contribution in [1.82, 2.24) is 15.3 Å². The zero-order valence-corrected chi connectivity index (χ0v) is 21.0. The molecule has 5 rings (SSSR count). The Morgan fingerprint density at radius 1 is 1.03 bits per heavy atom. The van der Waals surface area contributed by atoms with Gasteiger partial charge in [-0.3, -0.25) is 9.78 Å². The average molecular weight is 511 g/mol. The van der Waals surface area contributed by atoms with Crippen LogP contribution in [-0.4, -0.2) is 46.2 Å². The summed E-state index contributed by atoms with van der Waals surface area (Å²) < 4.78 is 5.62. The highest BCUT2D eigenvalue weighted by molar-refractivity contribution is 5.95. The Kier molecular flexibility index (Phi) is 7.89. The van der Waals surface area contributed by atoms with Crippen molar-refractivity contribution in [3.05, 3.63) is 106 Å². The molecule has 4 aromatic rings. The maximum absolute atomic E-state index is 13.2. The van der Waals surface area contributed by atoms with E-state index in [1.165, 1.54) is 12.8 Å². The minimum absolute atomic E-state index is 0.0922. The SMILES string of the molecule is O=C(N/N=C(\CCN1CCCC1)C[C@H](c1ccccc1)c1c(O)c2ccccc2oc1=O)c1ccncc1. The highest BCUT2D eigenvalue weighted by Gasteiger charge is 2.27. The van der Waals surface area contributed by atoms with Crippen LogP contribution in [0.15, 0.2) is 93.4 Å². The van der Waals surface area contributed by atoms with Crippen LogP contribution in [0.1, 0.15) is 53.1 Å². The van der Waals surface area contributed by atoms with Crippen molar-refractivity contribution < 1.29 is 14.3 Å². The first-order valence-corrected chi connectivity index (χ1v) is 12.9. The van der Waals surface area contributed by atoms with Crippen molar-refractivity contribution in [2.24, 2.45) is 5.10 Å². The lowest BCUT2D eigenvalue weighted by molar-refractivity contribution is 0.0954. The molecule has 0 bridgehead atoms. The van der Waals surface area contributed by atoms with Crippen LogP contribution in [0.4, 0.5) is 0 Å². The zero-order chi connectivity index (χ0) is 26.3. The number of likely N-dealkylation sites (tertiary alicyclic amines) is 1. The quantitative estimate of drug-likeness (QED) is 0.192. The Bertz CT molecular complexity index is 1480. The number of benzene rings is 2. The Morgan fingerprint density at radius 2 is 1.74 bits per heavy atom. The smallest absolute Gasteiger partial charge is 0.343 e. The van der Waals surface area contributed by atoms with Crippen LogP contribution in [0, 0.1) is 0 Å². The van der Waals surface area contributed by atoms with Gasteiger partial charge in [0.25, 0.3) is 5.91 Å². The standard InChI is InChI=1S/C30H30N4O4/c35-28-24-10-4-5-11-26(24)38-30(37)27(28)25(21-8-2-1-3-9-21)20-23(14-19-34-17-6-7-18-34)32-33-29(36)22-12-15-31-16-13-22/h1-5,8-13,15-16,25,35H,6-7,14,17-20H2,(H,33,36)/b32-23+/t25-/m1/s1. The fourth-order valence-corrected chi connectivity index (χ4v) is 4.96. The number of nitrogens with zero attached hydrogens (tertiary/aromatic N) is 3. The number of nitrogens with one attached hydrogen (secondary N) is 1. The van der Waals surface area contributed by atoms with E-state index in [1.54, 1.807) is 48.8 Å². The number of pyridine rings is 1. The molecule has 8 heteroatoms. The topological polar surface area (TPSA) is 108 Å². The molecule has 2 aromatic heterocycles. The molecule has 1 amide bonds. The summed E-state index contributed by atoms with van der Waals surface area (Å²) in [6.07, 6.45) is 6.39. The number of hydrazone groups is 1. The summed E-state index contributed by atoms with van der Waals surface area (Å²) in [5.41, 5.74) is 4.63. The second-order valence-corrected chi connectivity index (χ2v) is 9.47. The largest absolute Gasteiger partial charge is 0.507 e. The van der Waals surface area contributed by atoms with Crippen LogP contribution in [0.5, 0.6) is 5.75 Å². The molecule has 2 aromatic carbocycles. The van der Waals surface area contributed by atoms with Crippen molar-refractivity contribution in [2.75, 3.05) is 19.6 Å². The Balaban J connectivity index is 1.51. The van der Waals surface area contributed by atoms with Gasteiger partial charge in [0.1, 0.15) is 11.3 Å². The molecule has 0 unspecified atom stereocenters. The van der Waals surface area contributed by atoms with Crippen molar-refractivity contribution >= 4 is 22.6 Å². The Labute approximate surface area is 220 Å². The van der Waals surface area contributed by atoms with Crippen molar-refractivity contribution in [1.29, 1.82) is 0 Å². The van der Waals surface area contributed by atoms with E-state index in [0.29, 0.717) is 29.4 Å². The van der Waals surface area contributed by atoms with Gasteiger partial charge in [0.2, 0.25) is 0 Å². The minimum Gasteiger partial charge on any atom is -0.507 e. The van der Waals surface area contributed by atoms with Gasteiger partial charge in [-0.15, -0.1) is 0 Å². The lowest BCUT2D eigenvalue weighted by Gasteiger charge is -2.21. The normalized spacial score (nSPS) is 15.0. The van der Waals surface area contributed by atoms with Crippen LogP contribution in [0.2, 0.25) is 0 Å². The fourth-order valence-electron chi connectivity index (χ4n) is 4.96. The van der Waals surface area contributed by atoms with E-state index >= 15 is 0 Å².